The van der Waals surface area contributed by atoms with E-state index >= 15 is 0 Å². The molecule has 0 radical (unpaired) electrons. The summed E-state index contributed by atoms with van der Waals surface area (Å²) in [6, 6.07) is 28.2. The van der Waals surface area contributed by atoms with E-state index in [4.69, 9.17) is 23.8 Å². The highest BCUT2D eigenvalue weighted by Crippen LogP contribution is 2.29. The highest BCUT2D eigenvalue weighted by Gasteiger charge is 2.27. The average Bonchev–Trinajstić information content (AvgIpc) is 2.81. The van der Waals surface area contributed by atoms with E-state index in [-0.39, 0.29) is 11.9 Å². The summed E-state index contributed by atoms with van der Waals surface area (Å²) < 4.78 is 0. The van der Waals surface area contributed by atoms with Gasteiger partial charge in [-0.25, -0.2) is 0 Å². The van der Waals surface area contributed by atoms with Crippen molar-refractivity contribution < 1.29 is 4.79 Å². The van der Waals surface area contributed by atoms with Crippen LogP contribution in [0.4, 0.5) is 0 Å². The number of rotatable bonds is 4. The molecular weight excluding hydrogens is 426 g/mol. The number of carbonyl (C=O) groups excluding carboxylic acids is 1. The number of nitrogens with one attached hydrogen (secondary N) is 1. The minimum atomic E-state index is -0.212. The van der Waals surface area contributed by atoms with Crippen molar-refractivity contribution in [2.45, 2.75) is 6.04 Å². The number of piperazine rings is 1. The first-order valence-electron chi connectivity index (χ1n) is 10.3. The lowest BCUT2D eigenvalue weighted by atomic mass is 9.96. The van der Waals surface area contributed by atoms with Crippen LogP contribution in [0.1, 0.15) is 27.5 Å². The Labute approximate surface area is 193 Å². The summed E-state index contributed by atoms with van der Waals surface area (Å²) >= 11 is 11.4. The Hall–Kier alpha value is -2.73. The number of hydrogen-bond acceptors (Lipinski definition) is 3. The molecule has 1 amide bonds. The number of carbonyl (C=O) groups is 1. The predicted molar refractivity (Wildman–Crippen MR) is 129 cm³/mol. The monoisotopic (exact) mass is 449 g/mol. The van der Waals surface area contributed by atoms with Gasteiger partial charge in [0.1, 0.15) is 0 Å². The fraction of sp³-hybridized carbons (Fsp3) is 0.200. The van der Waals surface area contributed by atoms with Crippen LogP contribution in [0.5, 0.6) is 0 Å². The fourth-order valence-corrected chi connectivity index (χ4v) is 4.32. The second-order valence-electron chi connectivity index (χ2n) is 7.51. The number of thiocarbonyl (C=S) groups is 1. The third-order valence-electron chi connectivity index (χ3n) is 5.52. The van der Waals surface area contributed by atoms with Crippen LogP contribution >= 0.6 is 23.8 Å². The zero-order valence-electron chi connectivity index (χ0n) is 17.1. The van der Waals surface area contributed by atoms with Gasteiger partial charge in [0.15, 0.2) is 5.11 Å². The van der Waals surface area contributed by atoms with Gasteiger partial charge in [-0.1, -0.05) is 72.3 Å². The third-order valence-corrected chi connectivity index (χ3v) is 6.14. The lowest BCUT2D eigenvalue weighted by Crippen LogP contribution is -2.53. The number of hydrogen-bond donors (Lipinski definition) is 1. The second-order valence-corrected chi connectivity index (χ2v) is 8.34. The Balaban J connectivity index is 1.41. The smallest absolute Gasteiger partial charge is 0.257 e. The van der Waals surface area contributed by atoms with Crippen molar-refractivity contribution >= 4 is 34.8 Å². The summed E-state index contributed by atoms with van der Waals surface area (Å²) in [6.07, 6.45) is 0. The number of halogens is 1. The van der Waals surface area contributed by atoms with E-state index in [1.54, 1.807) is 24.3 Å². The highest BCUT2D eigenvalue weighted by molar-refractivity contribution is 7.80. The number of benzene rings is 3. The quantitative estimate of drug-likeness (QED) is 0.582. The van der Waals surface area contributed by atoms with Gasteiger partial charge in [0, 0.05) is 36.8 Å². The van der Waals surface area contributed by atoms with Crippen molar-refractivity contribution in [1.29, 1.82) is 0 Å². The molecule has 3 aromatic carbocycles. The van der Waals surface area contributed by atoms with E-state index in [0.29, 0.717) is 15.7 Å². The Morgan fingerprint density at radius 3 is 1.84 bits per heavy atom. The van der Waals surface area contributed by atoms with Gasteiger partial charge >= 0.3 is 0 Å². The van der Waals surface area contributed by atoms with Gasteiger partial charge in [-0.3, -0.25) is 15.0 Å². The van der Waals surface area contributed by atoms with E-state index in [1.165, 1.54) is 11.1 Å². The molecule has 1 heterocycles. The normalized spacial score (nSPS) is 14.5. The summed E-state index contributed by atoms with van der Waals surface area (Å²) in [5.74, 6) is -0.212. The molecule has 4 rings (SSSR count). The molecule has 1 saturated heterocycles. The van der Waals surface area contributed by atoms with Gasteiger partial charge in [-0.15, -0.1) is 0 Å². The topological polar surface area (TPSA) is 35.6 Å². The molecule has 0 atom stereocenters. The first kappa shape index (κ1) is 21.5. The SMILES string of the molecule is O=C(NC(=S)N1CCN(C(c2ccccc2)c2ccccc2)CC1)c1ccc(Cl)cc1. The lowest BCUT2D eigenvalue weighted by molar-refractivity contribution is 0.0967. The van der Waals surface area contributed by atoms with E-state index in [2.05, 4.69) is 63.6 Å². The van der Waals surface area contributed by atoms with Crippen molar-refractivity contribution in [3.63, 3.8) is 0 Å². The first-order valence-corrected chi connectivity index (χ1v) is 11.1. The average molecular weight is 450 g/mol. The molecule has 3 aromatic rings. The van der Waals surface area contributed by atoms with Gasteiger partial charge in [0.25, 0.3) is 5.91 Å². The number of nitrogens with zero attached hydrogens (tertiary/aromatic N) is 2. The Kier molecular flexibility index (Phi) is 6.97. The van der Waals surface area contributed by atoms with Crippen LogP contribution in [-0.4, -0.2) is 47.0 Å². The highest BCUT2D eigenvalue weighted by atomic mass is 35.5. The maximum atomic E-state index is 12.5. The zero-order chi connectivity index (χ0) is 21.6. The third kappa shape index (κ3) is 5.31. The second kappa shape index (κ2) is 10.1. The predicted octanol–water partition coefficient (Wildman–Crippen LogP) is 4.76. The molecule has 0 aliphatic carbocycles. The van der Waals surface area contributed by atoms with Crippen molar-refractivity contribution in [2.75, 3.05) is 26.2 Å². The van der Waals surface area contributed by atoms with E-state index < -0.39 is 0 Å². The van der Waals surface area contributed by atoms with Crippen molar-refractivity contribution in [3.8, 4) is 0 Å². The standard InChI is InChI=1S/C25H24ClN3OS/c26-22-13-11-21(12-14-22)24(30)27-25(31)29-17-15-28(16-18-29)23(19-7-3-1-4-8-19)20-9-5-2-6-10-20/h1-14,23H,15-18H2,(H,27,30,31). The summed E-state index contributed by atoms with van der Waals surface area (Å²) in [5.41, 5.74) is 3.10. The molecule has 158 valence electrons. The summed E-state index contributed by atoms with van der Waals surface area (Å²) in [7, 11) is 0. The van der Waals surface area contributed by atoms with Crippen LogP contribution < -0.4 is 5.32 Å². The van der Waals surface area contributed by atoms with Crippen LogP contribution in [0, 0.1) is 0 Å². The van der Waals surface area contributed by atoms with Gasteiger partial charge in [0.05, 0.1) is 6.04 Å². The van der Waals surface area contributed by atoms with Crippen LogP contribution in [0.3, 0.4) is 0 Å². The van der Waals surface area contributed by atoms with Crippen LogP contribution in [0.25, 0.3) is 0 Å². The van der Waals surface area contributed by atoms with E-state index in [9.17, 15) is 4.79 Å². The molecule has 31 heavy (non-hydrogen) atoms. The van der Waals surface area contributed by atoms with Gasteiger partial charge < -0.3 is 4.90 Å². The van der Waals surface area contributed by atoms with Gasteiger partial charge in [-0.05, 0) is 47.6 Å². The molecule has 0 bridgehead atoms. The number of amides is 1. The van der Waals surface area contributed by atoms with Crippen molar-refractivity contribution in [3.05, 3.63) is 107 Å². The molecule has 0 unspecified atom stereocenters. The maximum absolute atomic E-state index is 12.5. The van der Waals surface area contributed by atoms with Crippen LogP contribution in [0.2, 0.25) is 5.02 Å². The van der Waals surface area contributed by atoms with Crippen molar-refractivity contribution in [2.24, 2.45) is 0 Å². The molecular formula is C25H24ClN3OS. The molecule has 0 spiro atoms. The van der Waals surface area contributed by atoms with Gasteiger partial charge in [-0.2, -0.15) is 0 Å². The Morgan fingerprint density at radius 2 is 1.32 bits per heavy atom. The molecule has 1 aliphatic heterocycles. The van der Waals surface area contributed by atoms with Crippen molar-refractivity contribution in [1.82, 2.24) is 15.1 Å². The van der Waals surface area contributed by atoms with E-state index in [1.807, 2.05) is 12.1 Å². The summed E-state index contributed by atoms with van der Waals surface area (Å²) in [5, 5.41) is 3.92. The lowest BCUT2D eigenvalue weighted by Gasteiger charge is -2.40. The minimum absolute atomic E-state index is 0.196. The molecule has 1 N–H and O–H groups in total. The zero-order valence-corrected chi connectivity index (χ0v) is 18.6. The first-order chi connectivity index (χ1) is 15.1. The largest absolute Gasteiger partial charge is 0.346 e. The molecule has 0 saturated carbocycles. The molecule has 6 heteroatoms. The van der Waals surface area contributed by atoms with Crippen LogP contribution in [-0.2, 0) is 0 Å². The molecule has 4 nitrogen and oxygen atoms in total. The minimum Gasteiger partial charge on any atom is -0.346 e. The van der Waals surface area contributed by atoms with E-state index in [0.717, 1.165) is 26.2 Å². The Morgan fingerprint density at radius 1 is 0.806 bits per heavy atom. The van der Waals surface area contributed by atoms with Gasteiger partial charge in [0.2, 0.25) is 0 Å². The summed E-state index contributed by atoms with van der Waals surface area (Å²) in [6.45, 7) is 3.22. The molecule has 0 aromatic heterocycles. The fourth-order valence-electron chi connectivity index (χ4n) is 3.92. The maximum Gasteiger partial charge on any atom is 0.257 e. The molecule has 1 aliphatic rings. The Bertz CT molecular complexity index is 980. The summed E-state index contributed by atoms with van der Waals surface area (Å²) in [4.78, 5) is 17.0. The molecule has 1 fully saturated rings. The van der Waals surface area contributed by atoms with Crippen LogP contribution in [0.15, 0.2) is 84.9 Å².